The van der Waals surface area contributed by atoms with E-state index in [1.807, 2.05) is 0 Å². The van der Waals surface area contributed by atoms with Crippen molar-refractivity contribution in [2.24, 2.45) is 0 Å². The molecular formula is C8H12N2O3S2. The Kier molecular flexibility index (Phi) is 3.06. The number of sulfonamides is 1. The van der Waals surface area contributed by atoms with Crippen molar-refractivity contribution in [3.63, 3.8) is 0 Å². The van der Waals surface area contributed by atoms with Crippen LogP contribution in [0.25, 0.3) is 0 Å². The second-order valence-electron chi connectivity index (χ2n) is 3.21. The van der Waals surface area contributed by atoms with Crippen LogP contribution in [0.3, 0.4) is 0 Å². The van der Waals surface area contributed by atoms with Crippen molar-refractivity contribution in [2.75, 3.05) is 26.3 Å². The van der Waals surface area contributed by atoms with Crippen LogP contribution in [0.4, 0.5) is 0 Å². The highest BCUT2D eigenvalue weighted by Crippen LogP contribution is 2.22. The van der Waals surface area contributed by atoms with Crippen molar-refractivity contribution in [1.29, 1.82) is 0 Å². The van der Waals surface area contributed by atoms with Crippen LogP contribution < -0.4 is 0 Å². The monoisotopic (exact) mass is 248 g/mol. The lowest BCUT2D eigenvalue weighted by molar-refractivity contribution is 0.0731. The van der Waals surface area contributed by atoms with Crippen LogP contribution in [-0.2, 0) is 14.8 Å². The fourth-order valence-corrected chi connectivity index (χ4v) is 4.05. The third-order valence-electron chi connectivity index (χ3n) is 2.16. The number of hydrogen-bond acceptors (Lipinski definition) is 5. The summed E-state index contributed by atoms with van der Waals surface area (Å²) in [6, 6.07) is 0. The molecule has 7 heteroatoms. The molecule has 15 heavy (non-hydrogen) atoms. The van der Waals surface area contributed by atoms with Gasteiger partial charge in [0.1, 0.15) is 0 Å². The Morgan fingerprint density at radius 2 is 2.13 bits per heavy atom. The minimum atomic E-state index is -3.33. The number of rotatable bonds is 2. The Labute approximate surface area is 92.7 Å². The molecule has 0 N–H and O–H groups in total. The molecule has 0 amide bonds. The molecule has 0 atom stereocenters. The quantitative estimate of drug-likeness (QED) is 0.763. The van der Waals surface area contributed by atoms with E-state index in [0.717, 1.165) is 5.01 Å². The molecule has 0 radical (unpaired) electrons. The Morgan fingerprint density at radius 3 is 2.67 bits per heavy atom. The molecule has 1 aliphatic rings. The molecule has 0 aliphatic carbocycles. The summed E-state index contributed by atoms with van der Waals surface area (Å²) in [5.41, 5.74) is 0. The third-order valence-corrected chi connectivity index (χ3v) is 5.41. The van der Waals surface area contributed by atoms with E-state index in [-0.39, 0.29) is 0 Å². The topological polar surface area (TPSA) is 59.5 Å². The van der Waals surface area contributed by atoms with Crippen LogP contribution in [0.15, 0.2) is 10.4 Å². The summed E-state index contributed by atoms with van der Waals surface area (Å²) in [6.45, 7) is 3.59. The maximum atomic E-state index is 12.0. The number of morpholine rings is 1. The zero-order valence-corrected chi connectivity index (χ0v) is 9.97. The van der Waals surface area contributed by atoms with Crippen molar-refractivity contribution in [3.8, 4) is 0 Å². The molecule has 84 valence electrons. The van der Waals surface area contributed by atoms with E-state index in [4.69, 9.17) is 4.74 Å². The summed E-state index contributed by atoms with van der Waals surface area (Å²) in [5, 5.41) is 0.766. The van der Waals surface area contributed by atoms with Crippen molar-refractivity contribution in [2.45, 2.75) is 11.1 Å². The second kappa shape index (κ2) is 4.17. The smallest absolute Gasteiger partial charge is 0.254 e. The molecule has 1 aromatic rings. The predicted octanol–water partition coefficient (Wildman–Crippen LogP) is 0.472. The number of aromatic nitrogens is 1. The highest BCUT2D eigenvalue weighted by atomic mass is 32.2. The van der Waals surface area contributed by atoms with E-state index < -0.39 is 10.0 Å². The Hall–Kier alpha value is -0.500. The van der Waals surface area contributed by atoms with E-state index in [2.05, 4.69) is 4.98 Å². The molecule has 2 heterocycles. The summed E-state index contributed by atoms with van der Waals surface area (Å²) in [6.07, 6.45) is 1.42. The highest BCUT2D eigenvalue weighted by molar-refractivity contribution is 7.91. The zero-order chi connectivity index (χ0) is 10.9. The van der Waals surface area contributed by atoms with Crippen molar-refractivity contribution in [3.05, 3.63) is 11.2 Å². The molecule has 0 aromatic carbocycles. The molecule has 5 nitrogen and oxygen atoms in total. The number of ether oxygens (including phenoxy) is 1. The van der Waals surface area contributed by atoms with Crippen molar-refractivity contribution in [1.82, 2.24) is 9.29 Å². The summed E-state index contributed by atoms with van der Waals surface area (Å²) >= 11 is 1.21. The van der Waals surface area contributed by atoms with Crippen LogP contribution >= 0.6 is 11.3 Å². The SMILES string of the molecule is Cc1ncc(S(=O)(=O)N2CCOCC2)s1. The molecule has 0 bridgehead atoms. The van der Waals surface area contributed by atoms with Crippen molar-refractivity contribution < 1.29 is 13.2 Å². The third kappa shape index (κ3) is 2.20. The van der Waals surface area contributed by atoms with Crippen LogP contribution in [0.1, 0.15) is 5.01 Å². The lowest BCUT2D eigenvalue weighted by Gasteiger charge is -2.25. The first-order valence-electron chi connectivity index (χ1n) is 4.61. The minimum absolute atomic E-state index is 0.321. The Bertz CT molecular complexity index is 434. The predicted molar refractivity (Wildman–Crippen MR) is 56.4 cm³/mol. The van der Waals surface area contributed by atoms with Gasteiger partial charge in [-0.2, -0.15) is 4.31 Å². The second-order valence-corrected chi connectivity index (χ2v) is 6.61. The van der Waals surface area contributed by atoms with Gasteiger partial charge in [-0.3, -0.25) is 0 Å². The molecule has 1 saturated heterocycles. The van der Waals surface area contributed by atoms with Crippen LogP contribution in [0.5, 0.6) is 0 Å². The Morgan fingerprint density at radius 1 is 1.47 bits per heavy atom. The van der Waals surface area contributed by atoms with Crippen molar-refractivity contribution >= 4 is 21.4 Å². The van der Waals surface area contributed by atoms with Gasteiger partial charge in [0.2, 0.25) is 0 Å². The zero-order valence-electron chi connectivity index (χ0n) is 8.34. The van der Waals surface area contributed by atoms with Gasteiger partial charge in [0, 0.05) is 13.1 Å². The number of aryl methyl sites for hydroxylation is 1. The maximum Gasteiger partial charge on any atom is 0.254 e. The summed E-state index contributed by atoms with van der Waals surface area (Å²) in [7, 11) is -3.33. The highest BCUT2D eigenvalue weighted by Gasteiger charge is 2.27. The van der Waals surface area contributed by atoms with E-state index in [1.54, 1.807) is 6.92 Å². The molecule has 0 unspecified atom stereocenters. The van der Waals surface area contributed by atoms with Crippen LogP contribution in [0.2, 0.25) is 0 Å². The summed E-state index contributed by atoms with van der Waals surface area (Å²) < 4.78 is 31.0. The van der Waals surface area contributed by atoms with E-state index in [9.17, 15) is 8.42 Å². The number of thiazole rings is 1. The lowest BCUT2D eigenvalue weighted by atomic mass is 10.5. The lowest BCUT2D eigenvalue weighted by Crippen LogP contribution is -2.40. The van der Waals surface area contributed by atoms with Gasteiger partial charge < -0.3 is 4.74 Å². The van der Waals surface area contributed by atoms with E-state index in [1.165, 1.54) is 21.8 Å². The van der Waals surface area contributed by atoms with Crippen LogP contribution in [-0.4, -0.2) is 44.0 Å². The molecule has 1 aliphatic heterocycles. The van der Waals surface area contributed by atoms with Gasteiger partial charge in [0.05, 0.1) is 24.4 Å². The Balaban J connectivity index is 2.26. The largest absolute Gasteiger partial charge is 0.379 e. The summed E-state index contributed by atoms with van der Waals surface area (Å²) in [4.78, 5) is 3.96. The van der Waals surface area contributed by atoms with E-state index >= 15 is 0 Å². The number of hydrogen-bond donors (Lipinski definition) is 0. The first kappa shape index (κ1) is 11.0. The van der Waals surface area contributed by atoms with Crippen LogP contribution in [0, 0.1) is 6.92 Å². The van der Waals surface area contributed by atoms with Gasteiger partial charge in [0.25, 0.3) is 10.0 Å². The summed E-state index contributed by atoms with van der Waals surface area (Å²) in [5.74, 6) is 0. The molecule has 0 spiro atoms. The molecule has 0 saturated carbocycles. The molecule has 2 rings (SSSR count). The molecule has 1 fully saturated rings. The normalized spacial score (nSPS) is 19.3. The average Bonchev–Trinajstić information content (AvgIpc) is 2.67. The van der Waals surface area contributed by atoms with Gasteiger partial charge in [-0.25, -0.2) is 13.4 Å². The van der Waals surface area contributed by atoms with Gasteiger partial charge in [0.15, 0.2) is 4.21 Å². The van der Waals surface area contributed by atoms with Gasteiger partial charge in [-0.1, -0.05) is 0 Å². The maximum absolute atomic E-state index is 12.0. The van der Waals surface area contributed by atoms with Gasteiger partial charge >= 0.3 is 0 Å². The fourth-order valence-electron chi connectivity index (χ4n) is 1.38. The standard InChI is InChI=1S/C8H12N2O3S2/c1-7-9-6-8(14-7)15(11,12)10-2-4-13-5-3-10/h6H,2-5H2,1H3. The first-order valence-corrected chi connectivity index (χ1v) is 6.87. The number of nitrogens with zero attached hydrogens (tertiary/aromatic N) is 2. The van der Waals surface area contributed by atoms with Gasteiger partial charge in [-0.05, 0) is 6.92 Å². The first-order chi connectivity index (χ1) is 7.10. The molecular weight excluding hydrogens is 236 g/mol. The fraction of sp³-hybridized carbons (Fsp3) is 0.625. The molecule has 1 aromatic heterocycles. The van der Waals surface area contributed by atoms with E-state index in [0.29, 0.717) is 30.5 Å². The van der Waals surface area contributed by atoms with Gasteiger partial charge in [-0.15, -0.1) is 11.3 Å². The average molecular weight is 248 g/mol. The minimum Gasteiger partial charge on any atom is -0.379 e.